The molecule has 0 fully saturated rings. The Labute approximate surface area is 211 Å². The van der Waals surface area contributed by atoms with E-state index in [2.05, 4.69) is 49.4 Å². The SMILES string of the molecule is CCCCCCCCCCCCC(COc1ccc([I-]c2ccccc2)cc1)OC(=O)CC. The van der Waals surface area contributed by atoms with E-state index in [9.17, 15) is 4.79 Å². The molecule has 33 heavy (non-hydrogen) atoms. The summed E-state index contributed by atoms with van der Waals surface area (Å²) < 4.78 is 14.4. The quantitative estimate of drug-likeness (QED) is 0.148. The second-order valence-electron chi connectivity index (χ2n) is 8.59. The van der Waals surface area contributed by atoms with Crippen LogP contribution in [0.5, 0.6) is 5.75 Å². The van der Waals surface area contributed by atoms with Gasteiger partial charge in [0.25, 0.3) is 0 Å². The Morgan fingerprint density at radius 2 is 1.33 bits per heavy atom. The standard InChI is InChI=1S/C29H42IO3/c1-3-5-6-7-8-9-10-11-12-16-19-28(33-29(31)4-2)24-32-27-22-20-26(21-23-27)30-25-17-14-13-15-18-25/h13-15,17-18,20-23,28H,3-12,16,19,24H2,1-2H3/q-1. The van der Waals surface area contributed by atoms with Crippen molar-refractivity contribution in [1.82, 2.24) is 0 Å². The molecule has 2 aromatic rings. The van der Waals surface area contributed by atoms with E-state index in [4.69, 9.17) is 9.47 Å². The van der Waals surface area contributed by atoms with Crippen molar-refractivity contribution in [2.24, 2.45) is 0 Å². The minimum atomic E-state index is -0.166. The van der Waals surface area contributed by atoms with Crippen molar-refractivity contribution in [3.05, 3.63) is 61.7 Å². The molecule has 4 heteroatoms. The van der Waals surface area contributed by atoms with Gasteiger partial charge in [-0.25, -0.2) is 0 Å². The van der Waals surface area contributed by atoms with Crippen LogP contribution in [0.3, 0.4) is 0 Å². The fraction of sp³-hybridized carbons (Fsp3) is 0.552. The summed E-state index contributed by atoms with van der Waals surface area (Å²) in [6, 6.07) is 19.0. The van der Waals surface area contributed by atoms with Crippen molar-refractivity contribution >= 4 is 5.97 Å². The van der Waals surface area contributed by atoms with Crippen molar-refractivity contribution in [2.45, 2.75) is 97.0 Å². The molecule has 184 valence electrons. The number of halogens is 1. The van der Waals surface area contributed by atoms with Gasteiger partial charge in [0, 0.05) is 0 Å². The number of hydrogen-bond donors (Lipinski definition) is 0. The molecule has 1 atom stereocenters. The summed E-state index contributed by atoms with van der Waals surface area (Å²) in [4.78, 5) is 11.9. The van der Waals surface area contributed by atoms with E-state index in [1.807, 2.05) is 19.1 Å². The number of carbonyl (C=O) groups is 1. The molecule has 0 N–H and O–H groups in total. The molecule has 0 aliphatic rings. The first-order chi connectivity index (χ1) is 16.2. The van der Waals surface area contributed by atoms with E-state index in [0.717, 1.165) is 18.6 Å². The van der Waals surface area contributed by atoms with Crippen LogP contribution in [0.2, 0.25) is 0 Å². The van der Waals surface area contributed by atoms with Crippen LogP contribution in [-0.2, 0) is 9.53 Å². The molecule has 2 aromatic carbocycles. The van der Waals surface area contributed by atoms with Gasteiger partial charge in [-0.1, -0.05) is 45.4 Å². The molecule has 0 aromatic heterocycles. The van der Waals surface area contributed by atoms with Gasteiger partial charge in [0.1, 0.15) is 0 Å². The number of carbonyl (C=O) groups excluding carboxylic acids is 1. The van der Waals surface area contributed by atoms with Crippen LogP contribution in [0.25, 0.3) is 0 Å². The van der Waals surface area contributed by atoms with Crippen LogP contribution < -0.4 is 25.9 Å². The van der Waals surface area contributed by atoms with Crippen LogP contribution in [0.15, 0.2) is 54.6 Å². The molecule has 0 aliphatic carbocycles. The predicted molar refractivity (Wildman–Crippen MR) is 132 cm³/mol. The summed E-state index contributed by atoms with van der Waals surface area (Å²) in [5, 5.41) is 0. The summed E-state index contributed by atoms with van der Waals surface area (Å²) in [5.41, 5.74) is 0. The van der Waals surface area contributed by atoms with Gasteiger partial charge < -0.3 is 0 Å². The summed E-state index contributed by atoms with van der Waals surface area (Å²) in [6.45, 7) is 4.53. The minimum absolute atomic E-state index is 0.140. The Morgan fingerprint density at radius 1 is 0.758 bits per heavy atom. The third-order valence-corrected chi connectivity index (χ3v) is 8.35. The Bertz CT molecular complexity index is 745. The van der Waals surface area contributed by atoms with E-state index in [0.29, 0.717) is 13.0 Å². The van der Waals surface area contributed by atoms with Gasteiger partial charge in [-0.3, -0.25) is 0 Å². The number of benzene rings is 2. The molecule has 0 amide bonds. The van der Waals surface area contributed by atoms with Crippen LogP contribution in [0.4, 0.5) is 0 Å². The van der Waals surface area contributed by atoms with Crippen molar-refractivity contribution in [1.29, 1.82) is 0 Å². The Balaban J connectivity index is 1.68. The third kappa shape index (κ3) is 13.0. The van der Waals surface area contributed by atoms with Gasteiger partial charge in [-0.05, 0) is 0 Å². The first-order valence-corrected chi connectivity index (χ1v) is 15.0. The summed E-state index contributed by atoms with van der Waals surface area (Å²) >= 11 is -0.166. The second-order valence-corrected chi connectivity index (χ2v) is 11.6. The van der Waals surface area contributed by atoms with Gasteiger partial charge in [0.05, 0.1) is 0 Å². The third-order valence-electron chi connectivity index (χ3n) is 5.67. The van der Waals surface area contributed by atoms with Gasteiger partial charge in [0.15, 0.2) is 0 Å². The Kier molecular flexibility index (Phi) is 15.0. The Morgan fingerprint density at radius 3 is 1.94 bits per heavy atom. The first-order valence-electron chi connectivity index (χ1n) is 12.8. The van der Waals surface area contributed by atoms with E-state index >= 15 is 0 Å². The predicted octanol–water partition coefficient (Wildman–Crippen LogP) is 4.83. The molecule has 0 saturated carbocycles. The van der Waals surface area contributed by atoms with Gasteiger partial charge in [0.2, 0.25) is 0 Å². The number of hydrogen-bond acceptors (Lipinski definition) is 3. The first kappa shape index (κ1) is 27.7. The fourth-order valence-electron chi connectivity index (χ4n) is 3.69. The molecule has 0 radical (unpaired) electrons. The number of ether oxygens (including phenoxy) is 2. The van der Waals surface area contributed by atoms with E-state index < -0.39 is 0 Å². The number of unbranched alkanes of at least 4 members (excludes halogenated alkanes) is 9. The van der Waals surface area contributed by atoms with E-state index in [1.165, 1.54) is 64.9 Å². The van der Waals surface area contributed by atoms with Crippen LogP contribution in [0, 0.1) is 7.14 Å². The summed E-state index contributed by atoms with van der Waals surface area (Å²) in [5.74, 6) is 0.704. The maximum atomic E-state index is 11.9. The van der Waals surface area contributed by atoms with Crippen molar-refractivity contribution in [3.8, 4) is 5.75 Å². The zero-order chi connectivity index (χ0) is 23.6. The Hall–Kier alpha value is -1.56. The fourth-order valence-corrected chi connectivity index (χ4v) is 5.90. The van der Waals surface area contributed by atoms with Crippen molar-refractivity contribution in [2.75, 3.05) is 6.61 Å². The van der Waals surface area contributed by atoms with Crippen molar-refractivity contribution in [3.63, 3.8) is 0 Å². The molecular formula is C29H42IO3-. The van der Waals surface area contributed by atoms with Crippen LogP contribution in [0.1, 0.15) is 90.9 Å². The molecular weight excluding hydrogens is 523 g/mol. The van der Waals surface area contributed by atoms with Crippen LogP contribution in [-0.4, -0.2) is 18.7 Å². The zero-order valence-electron chi connectivity index (χ0n) is 20.6. The number of rotatable bonds is 18. The molecule has 0 bridgehead atoms. The van der Waals surface area contributed by atoms with Gasteiger partial charge in [-0.2, -0.15) is 0 Å². The molecule has 0 heterocycles. The van der Waals surface area contributed by atoms with Crippen LogP contribution >= 0.6 is 0 Å². The normalized spacial score (nSPS) is 11.9. The second kappa shape index (κ2) is 17.9. The van der Waals surface area contributed by atoms with E-state index in [-0.39, 0.29) is 33.3 Å². The summed E-state index contributed by atoms with van der Waals surface area (Å²) in [7, 11) is 0. The molecule has 2 rings (SSSR count). The molecule has 0 spiro atoms. The van der Waals surface area contributed by atoms with E-state index in [1.54, 1.807) is 0 Å². The monoisotopic (exact) mass is 565 g/mol. The topological polar surface area (TPSA) is 35.5 Å². The maximum absolute atomic E-state index is 11.9. The van der Waals surface area contributed by atoms with Crippen molar-refractivity contribution < 1.29 is 35.5 Å². The zero-order valence-corrected chi connectivity index (χ0v) is 22.7. The average molecular weight is 566 g/mol. The average Bonchev–Trinajstić information content (AvgIpc) is 2.85. The van der Waals surface area contributed by atoms with Gasteiger partial charge in [-0.15, -0.1) is 0 Å². The molecule has 1 unspecified atom stereocenters. The molecule has 0 aliphatic heterocycles. The molecule has 3 nitrogen and oxygen atoms in total. The van der Waals surface area contributed by atoms with Gasteiger partial charge >= 0.3 is 167 Å². The summed E-state index contributed by atoms with van der Waals surface area (Å²) in [6.07, 6.45) is 14.2. The molecule has 0 saturated heterocycles. The number of esters is 1.